The van der Waals surface area contributed by atoms with E-state index in [0.717, 1.165) is 18.7 Å². The molecular formula is C24H28FN3O5. The van der Waals surface area contributed by atoms with Gasteiger partial charge in [-0.05, 0) is 29.3 Å². The summed E-state index contributed by atoms with van der Waals surface area (Å²) in [6.07, 6.45) is -1.05. The van der Waals surface area contributed by atoms with Crippen molar-refractivity contribution in [3.63, 3.8) is 0 Å². The third-order valence-corrected chi connectivity index (χ3v) is 5.98. The topological polar surface area (TPSA) is 91.3 Å². The lowest BCUT2D eigenvalue weighted by molar-refractivity contribution is -0.119. The summed E-state index contributed by atoms with van der Waals surface area (Å²) in [5.41, 5.74) is 2.48. The molecule has 0 unspecified atom stereocenters. The van der Waals surface area contributed by atoms with Crippen LogP contribution in [0.15, 0.2) is 42.5 Å². The molecule has 0 bridgehead atoms. The minimum Gasteiger partial charge on any atom is -0.442 e. The Kier molecular flexibility index (Phi) is 7.22. The molecule has 9 heteroatoms. The molecule has 0 spiro atoms. The van der Waals surface area contributed by atoms with Gasteiger partial charge in [0.1, 0.15) is 11.9 Å². The Morgan fingerprint density at radius 3 is 2.58 bits per heavy atom. The standard InChI is InChI=1S/C24H28FN3O5/c1-16(30)26-13-20-14-28(24(31)33-20)19-6-7-21(22(25)12-19)17-2-4-18(5-3-17)23(15-29)27-8-10-32-11-9-27/h2-7,12,20,23,29H,8-11,13-15H2,1H3,(H,26,30)/t20-,23-/m0/s1. The van der Waals surface area contributed by atoms with Gasteiger partial charge in [0.2, 0.25) is 5.91 Å². The van der Waals surface area contributed by atoms with Crippen molar-refractivity contribution in [2.75, 3.05) is 50.9 Å². The number of anilines is 1. The van der Waals surface area contributed by atoms with E-state index in [1.807, 2.05) is 24.3 Å². The van der Waals surface area contributed by atoms with Crippen molar-refractivity contribution in [3.8, 4) is 11.1 Å². The molecule has 2 saturated heterocycles. The maximum Gasteiger partial charge on any atom is 0.414 e. The van der Waals surface area contributed by atoms with Gasteiger partial charge >= 0.3 is 6.09 Å². The highest BCUT2D eigenvalue weighted by atomic mass is 19.1. The number of amides is 2. The maximum absolute atomic E-state index is 15.0. The fourth-order valence-electron chi connectivity index (χ4n) is 4.21. The number of nitrogens with one attached hydrogen (secondary N) is 1. The number of hydrogen-bond donors (Lipinski definition) is 2. The lowest BCUT2D eigenvalue weighted by Crippen LogP contribution is -2.40. The molecule has 2 amide bonds. The molecule has 2 aliphatic heterocycles. The molecule has 33 heavy (non-hydrogen) atoms. The number of ether oxygens (including phenoxy) is 2. The van der Waals surface area contributed by atoms with E-state index < -0.39 is 18.0 Å². The highest BCUT2D eigenvalue weighted by Crippen LogP contribution is 2.30. The average Bonchev–Trinajstić information content (AvgIpc) is 3.20. The largest absolute Gasteiger partial charge is 0.442 e. The molecular weight excluding hydrogens is 429 g/mol. The van der Waals surface area contributed by atoms with E-state index in [9.17, 15) is 19.1 Å². The van der Waals surface area contributed by atoms with Gasteiger partial charge in [0, 0.05) is 25.6 Å². The van der Waals surface area contributed by atoms with Crippen LogP contribution in [0, 0.1) is 5.82 Å². The second-order valence-corrected chi connectivity index (χ2v) is 8.19. The summed E-state index contributed by atoms with van der Waals surface area (Å²) in [5, 5.41) is 12.5. The van der Waals surface area contributed by atoms with Gasteiger partial charge in [-0.25, -0.2) is 9.18 Å². The molecule has 2 fully saturated rings. The first-order valence-electron chi connectivity index (χ1n) is 11.0. The molecule has 176 valence electrons. The van der Waals surface area contributed by atoms with E-state index in [1.54, 1.807) is 12.1 Å². The Morgan fingerprint density at radius 2 is 1.94 bits per heavy atom. The van der Waals surface area contributed by atoms with Crippen LogP contribution in [0.3, 0.4) is 0 Å². The third kappa shape index (κ3) is 5.32. The van der Waals surface area contributed by atoms with Crippen LogP contribution in [0.4, 0.5) is 14.9 Å². The summed E-state index contributed by atoms with van der Waals surface area (Å²) in [6, 6.07) is 12.0. The van der Waals surface area contributed by atoms with Gasteiger partial charge in [-0.3, -0.25) is 14.6 Å². The summed E-state index contributed by atoms with van der Waals surface area (Å²) >= 11 is 0. The summed E-state index contributed by atoms with van der Waals surface area (Å²) < 4.78 is 25.6. The monoisotopic (exact) mass is 457 g/mol. The SMILES string of the molecule is CC(=O)NC[C@H]1CN(c2ccc(-c3ccc([C@H](CO)N4CCOCC4)cc3)c(F)c2)C(=O)O1. The number of aliphatic hydroxyl groups excluding tert-OH is 1. The van der Waals surface area contributed by atoms with Gasteiger partial charge in [0.25, 0.3) is 0 Å². The van der Waals surface area contributed by atoms with Crippen LogP contribution in [0.25, 0.3) is 11.1 Å². The number of cyclic esters (lactones) is 1. The van der Waals surface area contributed by atoms with Crippen molar-refractivity contribution in [1.82, 2.24) is 10.2 Å². The number of rotatable bonds is 7. The minimum absolute atomic E-state index is 0.00271. The van der Waals surface area contributed by atoms with Crippen molar-refractivity contribution in [1.29, 1.82) is 0 Å². The summed E-state index contributed by atoms with van der Waals surface area (Å²) in [6.45, 7) is 4.64. The van der Waals surface area contributed by atoms with E-state index in [2.05, 4.69) is 10.2 Å². The summed E-state index contributed by atoms with van der Waals surface area (Å²) in [7, 11) is 0. The summed E-state index contributed by atoms with van der Waals surface area (Å²) in [4.78, 5) is 26.8. The number of benzene rings is 2. The van der Waals surface area contributed by atoms with Gasteiger partial charge in [-0.2, -0.15) is 0 Å². The van der Waals surface area contributed by atoms with Crippen molar-refractivity contribution in [3.05, 3.63) is 53.8 Å². The van der Waals surface area contributed by atoms with E-state index in [4.69, 9.17) is 9.47 Å². The Morgan fingerprint density at radius 1 is 1.21 bits per heavy atom. The number of carbonyl (C=O) groups is 2. The zero-order chi connectivity index (χ0) is 23.4. The fraction of sp³-hybridized carbons (Fsp3) is 0.417. The molecule has 0 aliphatic carbocycles. The molecule has 2 aromatic rings. The van der Waals surface area contributed by atoms with Crippen LogP contribution >= 0.6 is 0 Å². The number of nitrogens with zero attached hydrogens (tertiary/aromatic N) is 2. The number of morpholine rings is 1. The van der Waals surface area contributed by atoms with Gasteiger partial charge < -0.3 is 19.9 Å². The van der Waals surface area contributed by atoms with Crippen molar-refractivity contribution in [2.24, 2.45) is 0 Å². The van der Waals surface area contributed by atoms with Gasteiger partial charge in [0.15, 0.2) is 0 Å². The molecule has 0 saturated carbocycles. The summed E-state index contributed by atoms with van der Waals surface area (Å²) in [5.74, 6) is -0.661. The van der Waals surface area contributed by atoms with Crippen molar-refractivity contribution in [2.45, 2.75) is 19.1 Å². The lowest BCUT2D eigenvalue weighted by Gasteiger charge is -2.33. The molecule has 2 aromatic carbocycles. The molecule has 0 radical (unpaired) electrons. The minimum atomic E-state index is -0.569. The zero-order valence-corrected chi connectivity index (χ0v) is 18.5. The zero-order valence-electron chi connectivity index (χ0n) is 18.5. The first-order valence-corrected chi connectivity index (χ1v) is 11.0. The Labute approximate surface area is 191 Å². The molecule has 0 aromatic heterocycles. The van der Waals surface area contributed by atoms with Crippen molar-refractivity contribution >= 4 is 17.7 Å². The number of aliphatic hydroxyl groups is 1. The van der Waals surface area contributed by atoms with Gasteiger partial charge in [0.05, 0.1) is 44.6 Å². The molecule has 2 N–H and O–H groups in total. The number of halogens is 1. The molecule has 2 heterocycles. The van der Waals surface area contributed by atoms with Gasteiger partial charge in [-0.15, -0.1) is 0 Å². The fourth-order valence-corrected chi connectivity index (χ4v) is 4.21. The number of hydrogen-bond acceptors (Lipinski definition) is 6. The van der Waals surface area contributed by atoms with E-state index in [0.29, 0.717) is 30.0 Å². The van der Waals surface area contributed by atoms with E-state index in [1.165, 1.54) is 17.9 Å². The Bertz CT molecular complexity index is 994. The quantitative estimate of drug-likeness (QED) is 0.663. The predicted molar refractivity (Wildman–Crippen MR) is 120 cm³/mol. The molecule has 2 aliphatic rings. The van der Waals surface area contributed by atoms with Crippen LogP contribution in [-0.4, -0.2) is 74.1 Å². The third-order valence-electron chi connectivity index (χ3n) is 5.98. The highest BCUT2D eigenvalue weighted by molar-refractivity contribution is 5.90. The molecule has 8 nitrogen and oxygen atoms in total. The van der Waals surface area contributed by atoms with E-state index >= 15 is 0 Å². The van der Waals surface area contributed by atoms with Crippen LogP contribution < -0.4 is 10.2 Å². The highest BCUT2D eigenvalue weighted by Gasteiger charge is 2.32. The van der Waals surface area contributed by atoms with Crippen LogP contribution in [-0.2, 0) is 14.3 Å². The van der Waals surface area contributed by atoms with Crippen molar-refractivity contribution < 1.29 is 28.6 Å². The maximum atomic E-state index is 15.0. The van der Waals surface area contributed by atoms with Crippen LogP contribution in [0.1, 0.15) is 18.5 Å². The first kappa shape index (κ1) is 23.2. The normalized spacial score (nSPS) is 19.9. The van der Waals surface area contributed by atoms with Crippen LogP contribution in [0.5, 0.6) is 0 Å². The second kappa shape index (κ2) is 10.3. The van der Waals surface area contributed by atoms with E-state index in [-0.39, 0.29) is 31.6 Å². The molecule has 4 rings (SSSR count). The van der Waals surface area contributed by atoms with Gasteiger partial charge in [-0.1, -0.05) is 24.3 Å². The first-order chi connectivity index (χ1) is 16.0. The Balaban J connectivity index is 1.47. The second-order valence-electron chi connectivity index (χ2n) is 8.19. The number of carbonyl (C=O) groups excluding carboxylic acids is 2. The predicted octanol–water partition coefficient (Wildman–Crippen LogP) is 2.32. The molecule has 2 atom stereocenters. The van der Waals surface area contributed by atoms with Crippen LogP contribution in [0.2, 0.25) is 0 Å². The average molecular weight is 458 g/mol. The lowest BCUT2D eigenvalue weighted by atomic mass is 9.99. The Hall–Kier alpha value is -3.01. The smallest absolute Gasteiger partial charge is 0.414 e.